The topological polar surface area (TPSA) is 29.5 Å². The van der Waals surface area contributed by atoms with Crippen molar-refractivity contribution in [3.05, 3.63) is 12.2 Å². The van der Waals surface area contributed by atoms with Gasteiger partial charge in [-0.2, -0.15) is 0 Å². The predicted molar refractivity (Wildman–Crippen MR) is 62.7 cm³/mol. The Morgan fingerprint density at radius 2 is 2.20 bits per heavy atom. The number of hydroxylamine groups is 2. The van der Waals surface area contributed by atoms with Crippen LogP contribution in [-0.2, 0) is 9.63 Å². The molecule has 0 saturated carbocycles. The van der Waals surface area contributed by atoms with Crippen molar-refractivity contribution >= 4 is 17.5 Å². The highest BCUT2D eigenvalue weighted by Gasteiger charge is 2.18. The summed E-state index contributed by atoms with van der Waals surface area (Å²) in [5.74, 6) is -0.182. The highest BCUT2D eigenvalue weighted by molar-refractivity contribution is 6.30. The van der Waals surface area contributed by atoms with Gasteiger partial charge >= 0.3 is 0 Å². The molecule has 0 bridgehead atoms. The quantitative estimate of drug-likeness (QED) is 0.293. The van der Waals surface area contributed by atoms with E-state index < -0.39 is 5.38 Å². The molecule has 0 aromatic heterocycles. The minimum Gasteiger partial charge on any atom is -0.275 e. The van der Waals surface area contributed by atoms with Crippen molar-refractivity contribution in [2.75, 3.05) is 14.2 Å². The normalized spacial score (nSPS) is 13.1. The smallest absolute Gasteiger partial charge is 0.263 e. The lowest BCUT2D eigenvalue weighted by molar-refractivity contribution is -0.168. The molecule has 1 unspecified atom stereocenters. The zero-order valence-corrected chi connectivity index (χ0v) is 10.5. The summed E-state index contributed by atoms with van der Waals surface area (Å²) in [4.78, 5) is 16.2. The number of carbonyl (C=O) groups excluding carboxylic acids is 1. The lowest BCUT2D eigenvalue weighted by Gasteiger charge is -2.16. The molecule has 0 aliphatic rings. The van der Waals surface area contributed by atoms with Crippen molar-refractivity contribution in [1.82, 2.24) is 5.06 Å². The standard InChI is InChI=1S/C11H20ClNO2/c1-4-5-6-7-8-9-10(12)11(14)13(2)15-3/h5-6,10H,4,7-9H2,1-3H3. The van der Waals surface area contributed by atoms with Crippen molar-refractivity contribution in [2.45, 2.75) is 38.0 Å². The van der Waals surface area contributed by atoms with E-state index in [1.807, 2.05) is 0 Å². The third kappa shape index (κ3) is 6.52. The molecule has 0 heterocycles. The first-order valence-corrected chi connectivity index (χ1v) is 5.67. The van der Waals surface area contributed by atoms with Crippen LogP contribution in [0.4, 0.5) is 0 Å². The number of hydrogen-bond donors (Lipinski definition) is 0. The van der Waals surface area contributed by atoms with Gasteiger partial charge in [0.05, 0.1) is 7.11 Å². The molecule has 4 heteroatoms. The van der Waals surface area contributed by atoms with E-state index in [2.05, 4.69) is 19.1 Å². The van der Waals surface area contributed by atoms with Gasteiger partial charge in [-0.25, -0.2) is 5.06 Å². The zero-order chi connectivity index (χ0) is 11.7. The molecule has 0 aliphatic carbocycles. The molecule has 88 valence electrons. The SMILES string of the molecule is CCC=CCCCC(Cl)C(=O)N(C)OC. The molecule has 0 radical (unpaired) electrons. The predicted octanol–water partition coefficient (Wildman–Crippen LogP) is 2.75. The number of hydrogen-bond acceptors (Lipinski definition) is 2. The van der Waals surface area contributed by atoms with Gasteiger partial charge in [0, 0.05) is 7.05 Å². The monoisotopic (exact) mass is 233 g/mol. The van der Waals surface area contributed by atoms with Crippen LogP contribution in [0.25, 0.3) is 0 Å². The number of nitrogens with zero attached hydrogens (tertiary/aromatic N) is 1. The molecule has 3 nitrogen and oxygen atoms in total. The molecule has 1 atom stereocenters. The van der Waals surface area contributed by atoms with Gasteiger partial charge in [-0.15, -0.1) is 11.6 Å². The second-order valence-electron chi connectivity index (χ2n) is 3.30. The van der Waals surface area contributed by atoms with Crippen molar-refractivity contribution in [2.24, 2.45) is 0 Å². The van der Waals surface area contributed by atoms with Crippen molar-refractivity contribution < 1.29 is 9.63 Å². The second kappa shape index (κ2) is 8.74. The lowest BCUT2D eigenvalue weighted by Crippen LogP contribution is -2.32. The highest BCUT2D eigenvalue weighted by atomic mass is 35.5. The van der Waals surface area contributed by atoms with Gasteiger partial charge < -0.3 is 0 Å². The number of rotatable bonds is 7. The largest absolute Gasteiger partial charge is 0.275 e. The minimum atomic E-state index is -0.482. The number of allylic oxidation sites excluding steroid dienone is 2. The van der Waals surface area contributed by atoms with Gasteiger partial charge in [-0.05, 0) is 25.7 Å². The number of alkyl halides is 1. The summed E-state index contributed by atoms with van der Waals surface area (Å²) < 4.78 is 0. The second-order valence-corrected chi connectivity index (χ2v) is 3.82. The maximum Gasteiger partial charge on any atom is 0.263 e. The van der Waals surface area contributed by atoms with E-state index in [9.17, 15) is 4.79 Å². The van der Waals surface area contributed by atoms with Gasteiger partial charge in [0.1, 0.15) is 5.38 Å². The molecule has 0 fully saturated rings. The summed E-state index contributed by atoms with van der Waals surface area (Å²) >= 11 is 5.92. The van der Waals surface area contributed by atoms with Crippen LogP contribution in [0.3, 0.4) is 0 Å². The summed E-state index contributed by atoms with van der Waals surface area (Å²) in [6.45, 7) is 2.10. The van der Waals surface area contributed by atoms with E-state index in [1.54, 1.807) is 7.05 Å². The van der Waals surface area contributed by atoms with Crippen LogP contribution in [-0.4, -0.2) is 30.5 Å². The Labute approximate surface area is 97.0 Å². The molecule has 0 spiro atoms. The lowest BCUT2D eigenvalue weighted by atomic mass is 10.1. The summed E-state index contributed by atoms with van der Waals surface area (Å²) in [5, 5.41) is 0.685. The Hall–Kier alpha value is -0.540. The van der Waals surface area contributed by atoms with Crippen LogP contribution in [0.15, 0.2) is 12.2 Å². The van der Waals surface area contributed by atoms with Gasteiger partial charge in [-0.1, -0.05) is 19.1 Å². The van der Waals surface area contributed by atoms with E-state index in [-0.39, 0.29) is 5.91 Å². The van der Waals surface area contributed by atoms with E-state index >= 15 is 0 Å². The van der Waals surface area contributed by atoms with E-state index in [1.165, 1.54) is 12.2 Å². The average Bonchev–Trinajstić information content (AvgIpc) is 2.26. The molecule has 0 aromatic rings. The fourth-order valence-electron chi connectivity index (χ4n) is 1.11. The molecule has 0 aromatic carbocycles. The Morgan fingerprint density at radius 1 is 1.53 bits per heavy atom. The third-order valence-electron chi connectivity index (χ3n) is 2.08. The van der Waals surface area contributed by atoms with E-state index in [0.717, 1.165) is 19.3 Å². The maximum absolute atomic E-state index is 11.4. The Balaban J connectivity index is 3.69. The van der Waals surface area contributed by atoms with Crippen LogP contribution < -0.4 is 0 Å². The highest BCUT2D eigenvalue weighted by Crippen LogP contribution is 2.11. The van der Waals surface area contributed by atoms with Crippen molar-refractivity contribution in [1.29, 1.82) is 0 Å². The molecule has 0 N–H and O–H groups in total. The summed E-state index contributed by atoms with van der Waals surface area (Å²) in [6, 6.07) is 0. The number of unbranched alkanes of at least 4 members (excludes halogenated alkanes) is 1. The van der Waals surface area contributed by atoms with Gasteiger partial charge in [0.25, 0.3) is 5.91 Å². The molecule has 0 aliphatic heterocycles. The number of carbonyl (C=O) groups is 1. The number of amides is 1. The van der Waals surface area contributed by atoms with E-state index in [0.29, 0.717) is 6.42 Å². The molecule has 0 saturated heterocycles. The van der Waals surface area contributed by atoms with Crippen LogP contribution in [0.5, 0.6) is 0 Å². The van der Waals surface area contributed by atoms with Gasteiger partial charge in [0.2, 0.25) is 0 Å². The van der Waals surface area contributed by atoms with Crippen molar-refractivity contribution in [3.63, 3.8) is 0 Å². The minimum absolute atomic E-state index is 0.182. The molecular formula is C11H20ClNO2. The first kappa shape index (κ1) is 14.5. The fourth-order valence-corrected chi connectivity index (χ4v) is 1.40. The zero-order valence-electron chi connectivity index (χ0n) is 9.70. The molecule has 15 heavy (non-hydrogen) atoms. The molecular weight excluding hydrogens is 214 g/mol. The maximum atomic E-state index is 11.4. The first-order valence-electron chi connectivity index (χ1n) is 5.24. The third-order valence-corrected chi connectivity index (χ3v) is 2.49. The Kier molecular flexibility index (Phi) is 8.43. The Morgan fingerprint density at radius 3 is 2.73 bits per heavy atom. The van der Waals surface area contributed by atoms with Gasteiger partial charge in [-0.3, -0.25) is 9.63 Å². The summed E-state index contributed by atoms with van der Waals surface area (Å²) in [7, 11) is 3.01. The molecule has 0 rings (SSSR count). The molecule has 1 amide bonds. The first-order chi connectivity index (χ1) is 7.13. The average molecular weight is 234 g/mol. The summed E-state index contributed by atoms with van der Waals surface area (Å²) in [5.41, 5.74) is 0. The Bertz CT molecular complexity index is 207. The van der Waals surface area contributed by atoms with Crippen LogP contribution in [0.1, 0.15) is 32.6 Å². The number of halogens is 1. The van der Waals surface area contributed by atoms with E-state index in [4.69, 9.17) is 16.4 Å². The van der Waals surface area contributed by atoms with Crippen molar-refractivity contribution in [3.8, 4) is 0 Å². The van der Waals surface area contributed by atoms with Gasteiger partial charge in [0.15, 0.2) is 0 Å². The van der Waals surface area contributed by atoms with Crippen LogP contribution in [0, 0.1) is 0 Å². The summed E-state index contributed by atoms with van der Waals surface area (Å²) in [6.07, 6.45) is 7.87. The fraction of sp³-hybridized carbons (Fsp3) is 0.727. The van der Waals surface area contributed by atoms with Crippen LogP contribution >= 0.6 is 11.6 Å². The van der Waals surface area contributed by atoms with Crippen LogP contribution in [0.2, 0.25) is 0 Å².